The van der Waals surface area contributed by atoms with Crippen LogP contribution in [0.25, 0.3) is 22.4 Å². The van der Waals surface area contributed by atoms with Gasteiger partial charge in [-0.1, -0.05) is 19.3 Å². The molecule has 1 aromatic heterocycles. The molecule has 178 valence electrons. The second-order valence-corrected chi connectivity index (χ2v) is 8.89. The van der Waals surface area contributed by atoms with Crippen LogP contribution in [0.4, 0.5) is 5.69 Å². The van der Waals surface area contributed by atoms with E-state index in [0.29, 0.717) is 28.4 Å². The van der Waals surface area contributed by atoms with Crippen LogP contribution in [0.2, 0.25) is 0 Å². The number of hydrogen-bond donors (Lipinski definition) is 3. The maximum Gasteiger partial charge on any atom is 0.255 e. The van der Waals surface area contributed by atoms with Crippen molar-refractivity contribution in [2.75, 3.05) is 12.4 Å². The van der Waals surface area contributed by atoms with Gasteiger partial charge in [0.1, 0.15) is 11.6 Å². The molecule has 7 nitrogen and oxygen atoms in total. The Bertz CT molecular complexity index is 1340. The molecule has 0 bridgehead atoms. The summed E-state index contributed by atoms with van der Waals surface area (Å²) in [7, 11) is 1.59. The summed E-state index contributed by atoms with van der Waals surface area (Å²) in [5.41, 5.74) is 4.36. The number of amides is 2. The van der Waals surface area contributed by atoms with Crippen LogP contribution >= 0.6 is 0 Å². The monoisotopic (exact) mass is 468 g/mol. The maximum atomic E-state index is 12.7. The quantitative estimate of drug-likeness (QED) is 0.345. The average molecular weight is 469 g/mol. The van der Waals surface area contributed by atoms with Crippen molar-refractivity contribution in [3.8, 4) is 17.1 Å². The molecule has 0 radical (unpaired) electrons. The lowest BCUT2D eigenvalue weighted by Crippen LogP contribution is -2.36. The lowest BCUT2D eigenvalue weighted by molar-refractivity contribution is 0.0927. The molecular weight excluding hydrogens is 440 g/mol. The molecule has 3 aromatic carbocycles. The zero-order valence-electron chi connectivity index (χ0n) is 19.6. The maximum absolute atomic E-state index is 12.7. The first-order chi connectivity index (χ1) is 17.1. The smallest absolute Gasteiger partial charge is 0.255 e. The first-order valence-corrected chi connectivity index (χ1v) is 12.0. The number of aromatic nitrogens is 2. The number of rotatable bonds is 6. The van der Waals surface area contributed by atoms with E-state index in [1.54, 1.807) is 31.4 Å². The molecule has 1 aliphatic rings. The summed E-state index contributed by atoms with van der Waals surface area (Å²) in [5.74, 6) is 1.18. The van der Waals surface area contributed by atoms with Gasteiger partial charge in [-0.2, -0.15) is 0 Å². The summed E-state index contributed by atoms with van der Waals surface area (Å²) < 4.78 is 5.13. The standard InChI is InChI=1S/C28H28N4O3/c1-35-23-14-9-19(10-15-23)27(33)30-22-12-7-18(8-13-22)26-31-24-16-11-20(17-25(24)32-26)28(34)29-21-5-3-2-4-6-21/h7-17,21H,2-6H2,1H3,(H,29,34)(H,30,33)(H,31,32). The Hall–Kier alpha value is -4.13. The predicted octanol–water partition coefficient (Wildman–Crippen LogP) is 5.55. The van der Waals surface area contributed by atoms with Crippen LogP contribution in [-0.4, -0.2) is 34.9 Å². The average Bonchev–Trinajstić information content (AvgIpc) is 3.33. The molecule has 0 spiro atoms. The van der Waals surface area contributed by atoms with Crippen molar-refractivity contribution in [1.82, 2.24) is 15.3 Å². The van der Waals surface area contributed by atoms with Crippen LogP contribution in [0, 0.1) is 0 Å². The number of fused-ring (bicyclic) bond motifs is 1. The topological polar surface area (TPSA) is 96.1 Å². The third kappa shape index (κ3) is 5.19. The zero-order valence-corrected chi connectivity index (χ0v) is 19.6. The Kier molecular flexibility index (Phi) is 6.48. The van der Waals surface area contributed by atoms with Gasteiger partial charge in [-0.25, -0.2) is 4.98 Å². The first-order valence-electron chi connectivity index (χ1n) is 12.0. The largest absolute Gasteiger partial charge is 0.497 e. The molecule has 5 rings (SSSR count). The number of anilines is 1. The molecule has 1 aliphatic carbocycles. The van der Waals surface area contributed by atoms with Gasteiger partial charge in [-0.05, 0) is 79.6 Å². The third-order valence-electron chi connectivity index (χ3n) is 6.45. The van der Waals surface area contributed by atoms with Crippen molar-refractivity contribution in [3.63, 3.8) is 0 Å². The molecule has 35 heavy (non-hydrogen) atoms. The molecule has 4 aromatic rings. The van der Waals surface area contributed by atoms with Crippen LogP contribution in [-0.2, 0) is 0 Å². The van der Waals surface area contributed by atoms with Gasteiger partial charge in [0, 0.05) is 28.4 Å². The van der Waals surface area contributed by atoms with Crippen LogP contribution < -0.4 is 15.4 Å². The van der Waals surface area contributed by atoms with Gasteiger partial charge in [0.25, 0.3) is 11.8 Å². The Morgan fingerprint density at radius 3 is 2.31 bits per heavy atom. The van der Waals surface area contributed by atoms with Crippen molar-refractivity contribution >= 4 is 28.5 Å². The SMILES string of the molecule is COc1ccc(C(=O)Nc2ccc(-c3nc4cc(C(=O)NC5CCCCC5)ccc4[nH]3)cc2)cc1. The summed E-state index contributed by atoms with van der Waals surface area (Å²) in [5, 5.41) is 6.06. The number of hydrogen-bond acceptors (Lipinski definition) is 4. The first kappa shape index (κ1) is 22.7. The van der Waals surface area contributed by atoms with Crippen molar-refractivity contribution < 1.29 is 14.3 Å². The Morgan fingerprint density at radius 1 is 0.886 bits per heavy atom. The van der Waals surface area contributed by atoms with Gasteiger partial charge in [0.2, 0.25) is 0 Å². The molecule has 3 N–H and O–H groups in total. The fourth-order valence-corrected chi connectivity index (χ4v) is 4.46. The van der Waals surface area contributed by atoms with E-state index in [9.17, 15) is 9.59 Å². The number of benzene rings is 3. The van der Waals surface area contributed by atoms with E-state index in [-0.39, 0.29) is 17.9 Å². The highest BCUT2D eigenvalue weighted by Crippen LogP contribution is 2.24. The highest BCUT2D eigenvalue weighted by molar-refractivity contribution is 6.04. The minimum Gasteiger partial charge on any atom is -0.497 e. The number of H-pyrrole nitrogens is 1. The molecule has 1 fully saturated rings. The summed E-state index contributed by atoms with van der Waals surface area (Å²) >= 11 is 0. The van der Waals surface area contributed by atoms with E-state index in [1.165, 1.54) is 19.3 Å². The normalized spacial score (nSPS) is 14.0. The number of carbonyl (C=O) groups is 2. The highest BCUT2D eigenvalue weighted by Gasteiger charge is 2.17. The predicted molar refractivity (Wildman–Crippen MR) is 137 cm³/mol. The second-order valence-electron chi connectivity index (χ2n) is 8.89. The number of nitrogens with zero attached hydrogens (tertiary/aromatic N) is 1. The minimum atomic E-state index is -0.192. The zero-order chi connectivity index (χ0) is 24.2. The van der Waals surface area contributed by atoms with E-state index in [1.807, 2.05) is 42.5 Å². The van der Waals surface area contributed by atoms with E-state index in [2.05, 4.69) is 15.6 Å². The molecule has 0 aliphatic heterocycles. The summed E-state index contributed by atoms with van der Waals surface area (Å²) in [6, 6.07) is 20.3. The number of carbonyl (C=O) groups excluding carboxylic acids is 2. The lowest BCUT2D eigenvalue weighted by atomic mass is 9.95. The molecule has 0 atom stereocenters. The van der Waals surface area contributed by atoms with Crippen LogP contribution in [0.1, 0.15) is 52.8 Å². The Labute approximate surface area is 203 Å². The van der Waals surface area contributed by atoms with E-state index in [4.69, 9.17) is 9.72 Å². The van der Waals surface area contributed by atoms with Gasteiger partial charge in [0.05, 0.1) is 18.1 Å². The minimum absolute atomic E-state index is 0.0414. The Morgan fingerprint density at radius 2 is 1.60 bits per heavy atom. The fraction of sp³-hybridized carbons (Fsp3) is 0.250. The number of ether oxygens (including phenoxy) is 1. The van der Waals surface area contributed by atoms with E-state index in [0.717, 1.165) is 29.4 Å². The van der Waals surface area contributed by atoms with Gasteiger partial charge in [-0.15, -0.1) is 0 Å². The summed E-state index contributed by atoms with van der Waals surface area (Å²) in [4.78, 5) is 33.2. The summed E-state index contributed by atoms with van der Waals surface area (Å²) in [6.45, 7) is 0. The van der Waals surface area contributed by atoms with Gasteiger partial charge in [-0.3, -0.25) is 9.59 Å². The van der Waals surface area contributed by atoms with Crippen molar-refractivity contribution in [2.24, 2.45) is 0 Å². The van der Waals surface area contributed by atoms with E-state index >= 15 is 0 Å². The summed E-state index contributed by atoms with van der Waals surface area (Å²) in [6.07, 6.45) is 5.71. The lowest BCUT2D eigenvalue weighted by Gasteiger charge is -2.22. The van der Waals surface area contributed by atoms with Crippen molar-refractivity contribution in [2.45, 2.75) is 38.1 Å². The Balaban J connectivity index is 1.27. The fourth-order valence-electron chi connectivity index (χ4n) is 4.46. The van der Waals surface area contributed by atoms with Gasteiger partial charge < -0.3 is 20.4 Å². The van der Waals surface area contributed by atoms with Gasteiger partial charge >= 0.3 is 0 Å². The van der Waals surface area contributed by atoms with Crippen molar-refractivity contribution in [1.29, 1.82) is 0 Å². The van der Waals surface area contributed by atoms with Crippen molar-refractivity contribution in [3.05, 3.63) is 77.9 Å². The molecule has 0 unspecified atom stereocenters. The third-order valence-corrected chi connectivity index (χ3v) is 6.45. The second kappa shape index (κ2) is 10.0. The number of methoxy groups -OCH3 is 1. The van der Waals surface area contributed by atoms with Crippen LogP contribution in [0.5, 0.6) is 5.75 Å². The number of aromatic amines is 1. The number of imidazole rings is 1. The van der Waals surface area contributed by atoms with E-state index < -0.39 is 0 Å². The number of nitrogens with one attached hydrogen (secondary N) is 3. The molecule has 1 saturated carbocycles. The molecule has 7 heteroatoms. The van der Waals surface area contributed by atoms with Crippen LogP contribution in [0.15, 0.2) is 66.7 Å². The molecular formula is C28H28N4O3. The molecule has 2 amide bonds. The van der Waals surface area contributed by atoms with Gasteiger partial charge in [0.15, 0.2) is 0 Å². The molecule has 0 saturated heterocycles. The van der Waals surface area contributed by atoms with Crippen LogP contribution in [0.3, 0.4) is 0 Å². The molecule has 1 heterocycles. The highest BCUT2D eigenvalue weighted by atomic mass is 16.5.